The highest BCUT2D eigenvalue weighted by Gasteiger charge is 2.20. The molecule has 0 aliphatic carbocycles. The highest BCUT2D eigenvalue weighted by atomic mass is 16.5. The average Bonchev–Trinajstić information content (AvgIpc) is 2.81. The van der Waals surface area contributed by atoms with Crippen molar-refractivity contribution in [3.05, 3.63) is 88.5 Å². The van der Waals surface area contributed by atoms with Crippen LogP contribution in [0.5, 0.6) is 5.75 Å². The van der Waals surface area contributed by atoms with Gasteiger partial charge in [-0.25, -0.2) is 0 Å². The highest BCUT2D eigenvalue weighted by molar-refractivity contribution is 5.94. The maximum Gasteiger partial charge on any atom is 0.305 e. The van der Waals surface area contributed by atoms with Gasteiger partial charge in [0.1, 0.15) is 11.9 Å². The molecule has 1 amide bonds. The Balaban J connectivity index is 1.79. The maximum absolute atomic E-state index is 12.3. The Bertz CT molecular complexity index is 1210. The second kappa shape index (κ2) is 11.6. The molecule has 37 heavy (non-hydrogen) atoms. The number of aryl methyl sites for hydroxylation is 2. The number of aliphatic carboxylic acids is 1. The number of carbonyl (C=O) groups excluding carboxylic acids is 1. The van der Waals surface area contributed by atoms with Crippen molar-refractivity contribution in [2.75, 3.05) is 6.54 Å². The maximum atomic E-state index is 12.3. The fraction of sp³-hybridized carbons (Fsp3) is 0.375. The summed E-state index contributed by atoms with van der Waals surface area (Å²) in [5.74, 6) is -0.198. The van der Waals surface area contributed by atoms with E-state index in [0.717, 1.165) is 22.4 Å². The molecule has 0 saturated heterocycles. The van der Waals surface area contributed by atoms with Crippen LogP contribution in [0.2, 0.25) is 0 Å². The van der Waals surface area contributed by atoms with E-state index >= 15 is 0 Å². The number of amides is 1. The lowest BCUT2D eigenvalue weighted by Crippen LogP contribution is -2.26. The lowest BCUT2D eigenvalue weighted by molar-refractivity contribution is -0.136. The van der Waals surface area contributed by atoms with Gasteiger partial charge in [0.15, 0.2) is 0 Å². The fourth-order valence-corrected chi connectivity index (χ4v) is 4.53. The summed E-state index contributed by atoms with van der Waals surface area (Å²) in [6.45, 7) is 15.2. The van der Waals surface area contributed by atoms with E-state index < -0.39 is 5.97 Å². The van der Waals surface area contributed by atoms with Crippen LogP contribution in [0.1, 0.15) is 79.8 Å². The predicted molar refractivity (Wildman–Crippen MR) is 149 cm³/mol. The quantitative estimate of drug-likeness (QED) is 0.324. The van der Waals surface area contributed by atoms with E-state index in [9.17, 15) is 9.59 Å². The van der Waals surface area contributed by atoms with Crippen LogP contribution in [0.4, 0.5) is 0 Å². The second-order valence-electron chi connectivity index (χ2n) is 11.1. The predicted octanol–water partition coefficient (Wildman–Crippen LogP) is 7.25. The Morgan fingerprint density at radius 3 is 1.97 bits per heavy atom. The molecule has 0 spiro atoms. The van der Waals surface area contributed by atoms with Gasteiger partial charge in [0.2, 0.25) is 0 Å². The first kappa shape index (κ1) is 28.0. The van der Waals surface area contributed by atoms with Gasteiger partial charge < -0.3 is 15.2 Å². The summed E-state index contributed by atoms with van der Waals surface area (Å²) in [6.07, 6.45) is -0.285. The van der Waals surface area contributed by atoms with Crippen LogP contribution in [0.3, 0.4) is 0 Å². The number of carboxylic acids is 1. The van der Waals surface area contributed by atoms with E-state index in [0.29, 0.717) is 5.56 Å². The standard InChI is InChI=1S/C32H39NO4/c1-20(2)30(24-8-10-25(11-9-24)31(36)33-17-16-28(34)35)37-27-18-21(3)29(22(4)19-27)23-12-14-26(15-13-23)32(5,6)7/h8-15,18-20,30H,16-17H2,1-7H3,(H,33,36)(H,34,35). The third-order valence-corrected chi connectivity index (χ3v) is 6.54. The molecule has 3 aromatic rings. The fourth-order valence-electron chi connectivity index (χ4n) is 4.53. The number of carboxylic acid groups (broad SMARTS) is 1. The highest BCUT2D eigenvalue weighted by Crippen LogP contribution is 2.35. The molecule has 0 aliphatic heterocycles. The zero-order chi connectivity index (χ0) is 27.3. The van der Waals surface area contributed by atoms with Crippen LogP contribution < -0.4 is 10.1 Å². The van der Waals surface area contributed by atoms with Gasteiger partial charge in [-0.3, -0.25) is 9.59 Å². The van der Waals surface area contributed by atoms with Gasteiger partial charge in [-0.2, -0.15) is 0 Å². The minimum atomic E-state index is -0.940. The van der Waals surface area contributed by atoms with Gasteiger partial charge in [-0.15, -0.1) is 0 Å². The minimum absolute atomic E-state index is 0.100. The van der Waals surface area contributed by atoms with Crippen LogP contribution in [0, 0.1) is 19.8 Å². The van der Waals surface area contributed by atoms with Gasteiger partial charge >= 0.3 is 5.97 Å². The molecule has 1 atom stereocenters. The van der Waals surface area contributed by atoms with E-state index in [2.05, 4.69) is 90.2 Å². The van der Waals surface area contributed by atoms with E-state index in [1.54, 1.807) is 12.1 Å². The summed E-state index contributed by atoms with van der Waals surface area (Å²) in [7, 11) is 0. The van der Waals surface area contributed by atoms with Gasteiger partial charge in [-0.1, -0.05) is 71.0 Å². The lowest BCUT2D eigenvalue weighted by atomic mass is 9.85. The summed E-state index contributed by atoms with van der Waals surface area (Å²) in [5, 5.41) is 11.4. The first-order chi connectivity index (χ1) is 17.4. The molecule has 0 radical (unpaired) electrons. The Hall–Kier alpha value is -3.60. The van der Waals surface area contributed by atoms with Gasteiger partial charge in [0.25, 0.3) is 5.91 Å². The summed E-state index contributed by atoms with van der Waals surface area (Å²) in [5.41, 5.74) is 7.66. The molecule has 0 saturated carbocycles. The van der Waals surface area contributed by atoms with E-state index in [-0.39, 0.29) is 36.3 Å². The zero-order valence-electron chi connectivity index (χ0n) is 23.0. The monoisotopic (exact) mass is 501 g/mol. The molecular formula is C32H39NO4. The molecule has 3 aromatic carbocycles. The Kier molecular flexibility index (Phi) is 8.80. The Morgan fingerprint density at radius 2 is 1.49 bits per heavy atom. The van der Waals surface area contributed by atoms with E-state index in [4.69, 9.17) is 9.84 Å². The first-order valence-electron chi connectivity index (χ1n) is 12.9. The number of benzene rings is 3. The summed E-state index contributed by atoms with van der Waals surface area (Å²) < 4.78 is 6.50. The minimum Gasteiger partial charge on any atom is -0.485 e. The number of carbonyl (C=O) groups is 2. The van der Waals surface area contributed by atoms with Crippen molar-refractivity contribution in [2.45, 2.75) is 66.4 Å². The van der Waals surface area contributed by atoms with Gasteiger partial charge in [-0.05, 0) is 82.8 Å². The molecule has 196 valence electrons. The van der Waals surface area contributed by atoms with Gasteiger partial charge in [0, 0.05) is 12.1 Å². The summed E-state index contributed by atoms with van der Waals surface area (Å²) in [6, 6.07) is 20.3. The van der Waals surface area contributed by atoms with Crippen LogP contribution in [-0.4, -0.2) is 23.5 Å². The average molecular weight is 502 g/mol. The van der Waals surface area contributed by atoms with Crippen molar-refractivity contribution in [3.63, 3.8) is 0 Å². The topological polar surface area (TPSA) is 75.6 Å². The second-order valence-corrected chi connectivity index (χ2v) is 11.1. The molecular weight excluding hydrogens is 462 g/mol. The van der Waals surface area contributed by atoms with Crippen molar-refractivity contribution in [3.8, 4) is 16.9 Å². The number of rotatable bonds is 9. The number of ether oxygens (including phenoxy) is 1. The summed E-state index contributed by atoms with van der Waals surface area (Å²) >= 11 is 0. The van der Waals surface area contributed by atoms with Crippen molar-refractivity contribution in [1.29, 1.82) is 0 Å². The molecule has 0 aromatic heterocycles. The summed E-state index contributed by atoms with van der Waals surface area (Å²) in [4.78, 5) is 23.0. The molecule has 0 heterocycles. The normalized spacial score (nSPS) is 12.3. The Labute approximate surface area is 220 Å². The molecule has 3 rings (SSSR count). The Morgan fingerprint density at radius 1 is 0.919 bits per heavy atom. The van der Waals surface area contributed by atoms with Crippen LogP contribution in [-0.2, 0) is 10.2 Å². The van der Waals surface area contributed by atoms with Crippen LogP contribution >= 0.6 is 0 Å². The van der Waals surface area contributed by atoms with Crippen LogP contribution in [0.25, 0.3) is 11.1 Å². The van der Waals surface area contributed by atoms with Crippen molar-refractivity contribution in [2.24, 2.45) is 5.92 Å². The van der Waals surface area contributed by atoms with Gasteiger partial charge in [0.05, 0.1) is 6.42 Å². The van der Waals surface area contributed by atoms with E-state index in [1.165, 1.54) is 16.7 Å². The zero-order valence-corrected chi connectivity index (χ0v) is 23.0. The number of nitrogens with one attached hydrogen (secondary N) is 1. The SMILES string of the molecule is Cc1cc(OC(c2ccc(C(=O)NCCC(=O)O)cc2)C(C)C)cc(C)c1-c1ccc(C(C)(C)C)cc1. The van der Waals surface area contributed by atoms with E-state index in [1.807, 2.05) is 12.1 Å². The third kappa shape index (κ3) is 7.22. The first-order valence-corrected chi connectivity index (χ1v) is 12.9. The molecule has 0 fully saturated rings. The lowest BCUT2D eigenvalue weighted by Gasteiger charge is -2.25. The molecule has 0 bridgehead atoms. The third-order valence-electron chi connectivity index (χ3n) is 6.54. The van der Waals surface area contributed by atoms with Crippen molar-refractivity contribution >= 4 is 11.9 Å². The van der Waals surface area contributed by atoms with Crippen molar-refractivity contribution in [1.82, 2.24) is 5.32 Å². The smallest absolute Gasteiger partial charge is 0.305 e. The number of hydrogen-bond acceptors (Lipinski definition) is 3. The van der Waals surface area contributed by atoms with Crippen molar-refractivity contribution < 1.29 is 19.4 Å². The molecule has 5 heteroatoms. The van der Waals surface area contributed by atoms with Crippen LogP contribution in [0.15, 0.2) is 60.7 Å². The molecule has 0 aliphatic rings. The molecule has 2 N–H and O–H groups in total. The number of hydrogen-bond donors (Lipinski definition) is 2. The molecule has 1 unspecified atom stereocenters. The largest absolute Gasteiger partial charge is 0.485 e. The molecule has 5 nitrogen and oxygen atoms in total.